The largest absolute Gasteiger partial charge is 0.345 e. The fourth-order valence-corrected chi connectivity index (χ4v) is 2.33. The number of hydrazine groups is 1. The third-order valence-corrected chi connectivity index (χ3v) is 3.13. The quantitative estimate of drug-likeness (QED) is 0.333. The number of nitrogens with one attached hydrogen (secondary N) is 1. The van der Waals surface area contributed by atoms with Gasteiger partial charge in [0.15, 0.2) is 0 Å². The number of rotatable bonds is 3. The van der Waals surface area contributed by atoms with Crippen LogP contribution in [0.3, 0.4) is 0 Å². The van der Waals surface area contributed by atoms with E-state index in [4.69, 9.17) is 5.84 Å². The lowest BCUT2D eigenvalue weighted by Crippen LogP contribution is -2.45. The van der Waals surface area contributed by atoms with Crippen molar-refractivity contribution in [1.29, 1.82) is 0 Å². The molecule has 0 unspecified atom stereocenters. The highest BCUT2D eigenvalue weighted by atomic mass is 15.4. The summed E-state index contributed by atoms with van der Waals surface area (Å²) in [5.41, 5.74) is 2.70. The molecule has 0 aliphatic heterocycles. The Hall–Kier alpha value is -0.770. The first-order valence-corrected chi connectivity index (χ1v) is 6.39. The summed E-state index contributed by atoms with van der Waals surface area (Å²) < 4.78 is 0. The van der Waals surface area contributed by atoms with Crippen molar-refractivity contribution in [2.45, 2.75) is 52.0 Å². The maximum Gasteiger partial charge on any atom is 0.208 e. The molecule has 0 aromatic heterocycles. The smallest absolute Gasteiger partial charge is 0.208 e. The minimum atomic E-state index is 0.278. The van der Waals surface area contributed by atoms with Crippen LogP contribution in [-0.4, -0.2) is 30.5 Å². The lowest BCUT2D eigenvalue weighted by molar-refractivity contribution is 0.291. The molecule has 4 nitrogen and oxygen atoms in total. The molecule has 0 radical (unpaired) electrons. The molecule has 1 aliphatic rings. The van der Waals surface area contributed by atoms with E-state index >= 15 is 0 Å². The summed E-state index contributed by atoms with van der Waals surface area (Å²) in [6.45, 7) is 5.19. The van der Waals surface area contributed by atoms with Gasteiger partial charge in [-0.15, -0.1) is 0 Å². The van der Waals surface area contributed by atoms with Crippen LogP contribution in [0.15, 0.2) is 4.99 Å². The second-order valence-electron chi connectivity index (χ2n) is 5.08. The Morgan fingerprint density at radius 2 is 2.00 bits per heavy atom. The molecule has 1 fully saturated rings. The van der Waals surface area contributed by atoms with E-state index in [1.165, 1.54) is 32.1 Å². The van der Waals surface area contributed by atoms with Crippen LogP contribution in [0.5, 0.6) is 0 Å². The van der Waals surface area contributed by atoms with Crippen molar-refractivity contribution >= 4 is 5.96 Å². The van der Waals surface area contributed by atoms with Crippen molar-refractivity contribution in [2.24, 2.45) is 16.8 Å². The summed E-state index contributed by atoms with van der Waals surface area (Å²) >= 11 is 0. The second-order valence-corrected chi connectivity index (χ2v) is 5.08. The second kappa shape index (κ2) is 6.74. The van der Waals surface area contributed by atoms with Crippen molar-refractivity contribution < 1.29 is 0 Å². The molecule has 0 spiro atoms. The molecule has 0 atom stereocenters. The predicted octanol–water partition coefficient (Wildman–Crippen LogP) is 1.73. The number of hydrogen-bond donors (Lipinski definition) is 2. The molecule has 0 heterocycles. The lowest BCUT2D eigenvalue weighted by Gasteiger charge is -2.28. The van der Waals surface area contributed by atoms with E-state index in [0.29, 0.717) is 0 Å². The monoisotopic (exact) mass is 226 g/mol. The fourth-order valence-electron chi connectivity index (χ4n) is 2.33. The summed E-state index contributed by atoms with van der Waals surface area (Å²) in [7, 11) is 2.07. The van der Waals surface area contributed by atoms with Gasteiger partial charge in [-0.1, -0.05) is 19.3 Å². The summed E-state index contributed by atoms with van der Waals surface area (Å²) in [5.74, 6) is 7.12. The Morgan fingerprint density at radius 1 is 1.38 bits per heavy atom. The van der Waals surface area contributed by atoms with Crippen molar-refractivity contribution in [2.75, 3.05) is 13.6 Å². The van der Waals surface area contributed by atoms with Crippen LogP contribution in [0, 0.1) is 5.92 Å². The molecule has 0 aromatic carbocycles. The van der Waals surface area contributed by atoms with E-state index in [1.807, 2.05) is 0 Å². The molecule has 1 saturated carbocycles. The maximum absolute atomic E-state index is 5.50. The van der Waals surface area contributed by atoms with Crippen LogP contribution in [0.1, 0.15) is 46.0 Å². The Bertz CT molecular complexity index is 219. The summed E-state index contributed by atoms with van der Waals surface area (Å²) in [4.78, 5) is 6.62. The first-order valence-electron chi connectivity index (χ1n) is 6.39. The van der Waals surface area contributed by atoms with E-state index in [-0.39, 0.29) is 6.04 Å². The summed E-state index contributed by atoms with van der Waals surface area (Å²) in [5, 5.41) is 0. The highest BCUT2D eigenvalue weighted by molar-refractivity contribution is 5.79. The normalized spacial score (nSPS) is 18.9. The van der Waals surface area contributed by atoms with Gasteiger partial charge in [-0.3, -0.25) is 5.43 Å². The van der Waals surface area contributed by atoms with Gasteiger partial charge in [-0.25, -0.2) is 10.8 Å². The highest BCUT2D eigenvalue weighted by Gasteiger charge is 2.17. The molecule has 94 valence electrons. The van der Waals surface area contributed by atoms with Crippen LogP contribution >= 0.6 is 0 Å². The highest BCUT2D eigenvalue weighted by Crippen LogP contribution is 2.24. The predicted molar refractivity (Wildman–Crippen MR) is 69.1 cm³/mol. The average Bonchev–Trinajstić information content (AvgIpc) is 2.26. The molecule has 1 rings (SSSR count). The maximum atomic E-state index is 5.50. The van der Waals surface area contributed by atoms with Gasteiger partial charge in [-0.2, -0.15) is 0 Å². The molecule has 1 aliphatic carbocycles. The standard InChI is InChI=1S/C12H26N4/c1-10(2)14-12(15-13)16(3)9-11-7-5-4-6-8-11/h10-11H,4-9,13H2,1-3H3,(H,14,15). The number of aliphatic imine (C=N–C) groups is 1. The van der Waals surface area contributed by atoms with Crippen molar-refractivity contribution in [3.05, 3.63) is 0 Å². The van der Waals surface area contributed by atoms with Gasteiger partial charge in [0.1, 0.15) is 0 Å². The Labute approximate surface area is 99.3 Å². The van der Waals surface area contributed by atoms with Gasteiger partial charge >= 0.3 is 0 Å². The van der Waals surface area contributed by atoms with E-state index in [1.54, 1.807) is 0 Å². The first-order chi connectivity index (χ1) is 7.63. The number of nitrogens with zero attached hydrogens (tertiary/aromatic N) is 2. The van der Waals surface area contributed by atoms with E-state index in [0.717, 1.165) is 18.4 Å². The molecule has 0 aromatic rings. The number of nitrogens with two attached hydrogens (primary N) is 1. The van der Waals surface area contributed by atoms with E-state index in [9.17, 15) is 0 Å². The molecule has 16 heavy (non-hydrogen) atoms. The summed E-state index contributed by atoms with van der Waals surface area (Å²) in [6, 6.07) is 0.278. The molecule has 0 bridgehead atoms. The zero-order valence-electron chi connectivity index (χ0n) is 10.9. The number of hydrogen-bond acceptors (Lipinski definition) is 2. The third kappa shape index (κ3) is 4.39. The van der Waals surface area contributed by atoms with Crippen LogP contribution in [0.25, 0.3) is 0 Å². The van der Waals surface area contributed by atoms with E-state index in [2.05, 4.69) is 36.2 Å². The Morgan fingerprint density at radius 3 is 2.50 bits per heavy atom. The zero-order valence-corrected chi connectivity index (χ0v) is 10.9. The Kier molecular flexibility index (Phi) is 5.60. The van der Waals surface area contributed by atoms with Crippen molar-refractivity contribution in [3.8, 4) is 0 Å². The van der Waals surface area contributed by atoms with Crippen LogP contribution in [0.2, 0.25) is 0 Å². The van der Waals surface area contributed by atoms with Crippen LogP contribution in [0.4, 0.5) is 0 Å². The van der Waals surface area contributed by atoms with Crippen LogP contribution in [-0.2, 0) is 0 Å². The minimum Gasteiger partial charge on any atom is -0.345 e. The zero-order chi connectivity index (χ0) is 12.0. The first kappa shape index (κ1) is 13.3. The van der Waals surface area contributed by atoms with Gasteiger partial charge in [0, 0.05) is 19.6 Å². The molecule has 0 saturated heterocycles. The Balaban J connectivity index is 2.44. The average molecular weight is 226 g/mol. The molecule has 3 N–H and O–H groups in total. The number of guanidine groups is 1. The van der Waals surface area contributed by atoms with Gasteiger partial charge in [0.2, 0.25) is 5.96 Å². The third-order valence-electron chi connectivity index (χ3n) is 3.13. The lowest BCUT2D eigenvalue weighted by atomic mass is 9.89. The minimum absolute atomic E-state index is 0.278. The topological polar surface area (TPSA) is 53.6 Å². The molecule has 0 amide bonds. The van der Waals surface area contributed by atoms with E-state index < -0.39 is 0 Å². The summed E-state index contributed by atoms with van der Waals surface area (Å²) in [6.07, 6.45) is 6.87. The van der Waals surface area contributed by atoms with Crippen molar-refractivity contribution in [1.82, 2.24) is 10.3 Å². The molecular formula is C12H26N4. The van der Waals surface area contributed by atoms with Gasteiger partial charge in [0.05, 0.1) is 0 Å². The van der Waals surface area contributed by atoms with Gasteiger partial charge in [-0.05, 0) is 32.6 Å². The van der Waals surface area contributed by atoms with Crippen molar-refractivity contribution in [3.63, 3.8) is 0 Å². The van der Waals surface area contributed by atoms with Crippen LogP contribution < -0.4 is 11.3 Å². The van der Waals surface area contributed by atoms with Gasteiger partial charge < -0.3 is 4.90 Å². The van der Waals surface area contributed by atoms with Gasteiger partial charge in [0.25, 0.3) is 0 Å². The SMILES string of the molecule is CC(C)N=C(NN)N(C)CC1CCCCC1. The molecule has 4 heteroatoms. The fraction of sp³-hybridized carbons (Fsp3) is 0.917. The molecular weight excluding hydrogens is 200 g/mol.